The average Bonchev–Trinajstić information content (AvgIpc) is 2.45. The lowest BCUT2D eigenvalue weighted by molar-refractivity contribution is -0.137. The summed E-state index contributed by atoms with van der Waals surface area (Å²) in [5.41, 5.74) is 6.25. The highest BCUT2D eigenvalue weighted by atomic mass is 19.4. The molecule has 2 rings (SSSR count). The van der Waals surface area contributed by atoms with Crippen LogP contribution >= 0.6 is 0 Å². The molecule has 0 atom stereocenters. The van der Waals surface area contributed by atoms with Crippen LogP contribution in [0.15, 0.2) is 48.5 Å². The van der Waals surface area contributed by atoms with E-state index >= 15 is 0 Å². The molecular formula is C15H14F3NO. The average molecular weight is 281 g/mol. The first-order valence-corrected chi connectivity index (χ1v) is 6.07. The van der Waals surface area contributed by atoms with Gasteiger partial charge in [0.05, 0.1) is 5.56 Å². The van der Waals surface area contributed by atoms with E-state index < -0.39 is 11.7 Å². The third-order valence-corrected chi connectivity index (χ3v) is 2.82. The van der Waals surface area contributed by atoms with E-state index in [-0.39, 0.29) is 6.61 Å². The lowest BCUT2D eigenvalue weighted by Crippen LogP contribution is -2.06. The molecule has 0 aliphatic carbocycles. The summed E-state index contributed by atoms with van der Waals surface area (Å²) in [4.78, 5) is 0. The number of ether oxygens (including phenoxy) is 1. The second-order valence-corrected chi connectivity index (χ2v) is 4.33. The van der Waals surface area contributed by atoms with Gasteiger partial charge in [-0.25, -0.2) is 0 Å². The van der Waals surface area contributed by atoms with Crippen molar-refractivity contribution in [3.05, 3.63) is 65.2 Å². The molecule has 0 aromatic heterocycles. The van der Waals surface area contributed by atoms with E-state index in [0.717, 1.165) is 17.7 Å². The summed E-state index contributed by atoms with van der Waals surface area (Å²) in [6.45, 7) is 0.528. The normalized spacial score (nSPS) is 11.4. The zero-order valence-electron chi connectivity index (χ0n) is 10.7. The molecule has 0 bridgehead atoms. The standard InChI is InChI=1S/C15H14F3NO/c16-15(17,18)13-3-1-2-12(8-13)10-20-14-6-4-11(9-19)5-7-14/h1-8H,9-10,19H2. The summed E-state index contributed by atoms with van der Waals surface area (Å²) in [6.07, 6.45) is -4.33. The van der Waals surface area contributed by atoms with E-state index in [0.29, 0.717) is 17.9 Å². The summed E-state index contributed by atoms with van der Waals surface area (Å²) in [5.74, 6) is 0.597. The van der Waals surface area contributed by atoms with Gasteiger partial charge >= 0.3 is 6.18 Å². The van der Waals surface area contributed by atoms with Crippen molar-refractivity contribution in [3.8, 4) is 5.75 Å². The van der Waals surface area contributed by atoms with Crippen LogP contribution in [0.2, 0.25) is 0 Å². The molecule has 0 saturated heterocycles. The van der Waals surface area contributed by atoms with Gasteiger partial charge in [-0.3, -0.25) is 0 Å². The van der Waals surface area contributed by atoms with Gasteiger partial charge in [0, 0.05) is 6.54 Å². The Morgan fingerprint density at radius 3 is 2.25 bits per heavy atom. The fourth-order valence-electron chi connectivity index (χ4n) is 1.73. The summed E-state index contributed by atoms with van der Waals surface area (Å²) < 4.78 is 43.1. The maximum atomic E-state index is 12.6. The predicted molar refractivity (Wildman–Crippen MR) is 70.1 cm³/mol. The molecule has 0 saturated carbocycles. The Balaban J connectivity index is 2.03. The van der Waals surface area contributed by atoms with Crippen molar-refractivity contribution in [2.45, 2.75) is 19.3 Å². The van der Waals surface area contributed by atoms with Crippen molar-refractivity contribution >= 4 is 0 Å². The molecule has 0 amide bonds. The minimum absolute atomic E-state index is 0.0892. The Hall–Kier alpha value is -2.01. The molecule has 0 aliphatic heterocycles. The summed E-state index contributed by atoms with van der Waals surface area (Å²) in [6, 6.07) is 12.2. The molecule has 0 aliphatic rings. The molecule has 2 aromatic carbocycles. The first-order valence-electron chi connectivity index (χ1n) is 6.07. The van der Waals surface area contributed by atoms with Crippen LogP contribution in [-0.2, 0) is 19.3 Å². The predicted octanol–water partition coefficient (Wildman–Crippen LogP) is 3.74. The second-order valence-electron chi connectivity index (χ2n) is 4.33. The van der Waals surface area contributed by atoms with Crippen LogP contribution in [-0.4, -0.2) is 0 Å². The van der Waals surface area contributed by atoms with Gasteiger partial charge in [0.1, 0.15) is 12.4 Å². The number of hydrogen-bond acceptors (Lipinski definition) is 2. The SMILES string of the molecule is NCc1ccc(OCc2cccc(C(F)(F)F)c2)cc1. The molecule has 20 heavy (non-hydrogen) atoms. The molecule has 2 N–H and O–H groups in total. The highest BCUT2D eigenvalue weighted by Crippen LogP contribution is 2.29. The zero-order valence-corrected chi connectivity index (χ0v) is 10.7. The van der Waals surface area contributed by atoms with Crippen LogP contribution in [0, 0.1) is 0 Å². The topological polar surface area (TPSA) is 35.2 Å². The third kappa shape index (κ3) is 3.74. The summed E-state index contributed by atoms with van der Waals surface area (Å²) in [7, 11) is 0. The minimum atomic E-state index is -4.33. The lowest BCUT2D eigenvalue weighted by Gasteiger charge is -2.10. The van der Waals surface area contributed by atoms with Gasteiger partial charge in [0.2, 0.25) is 0 Å². The largest absolute Gasteiger partial charge is 0.489 e. The van der Waals surface area contributed by atoms with E-state index in [4.69, 9.17) is 10.5 Å². The Labute approximate surface area is 115 Å². The highest BCUT2D eigenvalue weighted by molar-refractivity contribution is 5.29. The number of halogens is 3. The van der Waals surface area contributed by atoms with Crippen molar-refractivity contribution in [2.24, 2.45) is 5.73 Å². The van der Waals surface area contributed by atoms with E-state index in [2.05, 4.69) is 0 Å². The lowest BCUT2D eigenvalue weighted by atomic mass is 10.1. The fourth-order valence-corrected chi connectivity index (χ4v) is 1.73. The van der Waals surface area contributed by atoms with Gasteiger partial charge < -0.3 is 10.5 Å². The number of nitrogens with two attached hydrogens (primary N) is 1. The highest BCUT2D eigenvalue weighted by Gasteiger charge is 2.30. The van der Waals surface area contributed by atoms with Crippen molar-refractivity contribution in [2.75, 3.05) is 0 Å². The zero-order chi connectivity index (χ0) is 14.6. The number of hydrogen-bond donors (Lipinski definition) is 1. The molecule has 106 valence electrons. The summed E-state index contributed by atoms with van der Waals surface area (Å²) >= 11 is 0. The van der Waals surface area contributed by atoms with E-state index in [9.17, 15) is 13.2 Å². The van der Waals surface area contributed by atoms with E-state index in [1.165, 1.54) is 6.07 Å². The quantitative estimate of drug-likeness (QED) is 0.926. The second kappa shape index (κ2) is 5.96. The number of benzene rings is 2. The number of rotatable bonds is 4. The summed E-state index contributed by atoms with van der Waals surface area (Å²) in [5, 5.41) is 0. The molecule has 0 heterocycles. The maximum absolute atomic E-state index is 12.6. The van der Waals surface area contributed by atoms with Gasteiger partial charge in [-0.2, -0.15) is 13.2 Å². The molecule has 2 aromatic rings. The van der Waals surface area contributed by atoms with Gasteiger partial charge in [-0.15, -0.1) is 0 Å². The Kier molecular flexibility index (Phi) is 4.29. The molecule has 2 nitrogen and oxygen atoms in total. The van der Waals surface area contributed by atoms with Crippen LogP contribution in [0.3, 0.4) is 0 Å². The maximum Gasteiger partial charge on any atom is 0.416 e. The van der Waals surface area contributed by atoms with E-state index in [1.807, 2.05) is 12.1 Å². The van der Waals surface area contributed by atoms with Crippen LogP contribution in [0.25, 0.3) is 0 Å². The molecule has 0 fully saturated rings. The van der Waals surface area contributed by atoms with Crippen molar-refractivity contribution < 1.29 is 17.9 Å². The van der Waals surface area contributed by atoms with Crippen molar-refractivity contribution in [1.29, 1.82) is 0 Å². The Bertz CT molecular complexity index is 564. The van der Waals surface area contributed by atoms with Crippen LogP contribution in [0.5, 0.6) is 5.75 Å². The van der Waals surface area contributed by atoms with E-state index in [1.54, 1.807) is 18.2 Å². The minimum Gasteiger partial charge on any atom is -0.489 e. The Morgan fingerprint density at radius 2 is 1.65 bits per heavy atom. The monoisotopic (exact) mass is 281 g/mol. The molecule has 0 radical (unpaired) electrons. The van der Waals surface area contributed by atoms with Crippen LogP contribution in [0.4, 0.5) is 13.2 Å². The molecule has 5 heteroatoms. The first-order chi connectivity index (χ1) is 9.49. The van der Waals surface area contributed by atoms with Crippen molar-refractivity contribution in [1.82, 2.24) is 0 Å². The fraction of sp³-hybridized carbons (Fsp3) is 0.200. The molecular weight excluding hydrogens is 267 g/mol. The van der Waals surface area contributed by atoms with Gasteiger partial charge in [-0.05, 0) is 35.4 Å². The van der Waals surface area contributed by atoms with Gasteiger partial charge in [0.25, 0.3) is 0 Å². The third-order valence-electron chi connectivity index (χ3n) is 2.82. The van der Waals surface area contributed by atoms with Crippen LogP contribution < -0.4 is 10.5 Å². The first kappa shape index (κ1) is 14.4. The molecule has 0 spiro atoms. The Morgan fingerprint density at radius 1 is 0.950 bits per heavy atom. The van der Waals surface area contributed by atoms with Gasteiger partial charge in [-0.1, -0.05) is 24.3 Å². The van der Waals surface area contributed by atoms with Gasteiger partial charge in [0.15, 0.2) is 0 Å². The smallest absolute Gasteiger partial charge is 0.416 e. The molecule has 0 unspecified atom stereocenters. The van der Waals surface area contributed by atoms with Crippen LogP contribution in [0.1, 0.15) is 16.7 Å². The van der Waals surface area contributed by atoms with Crippen molar-refractivity contribution in [3.63, 3.8) is 0 Å². The number of alkyl halides is 3.